The molecule has 0 spiro atoms. The molecule has 3 heteroatoms. The second-order valence-electron chi connectivity index (χ2n) is 6.30. The average molecular weight is 276 g/mol. The summed E-state index contributed by atoms with van der Waals surface area (Å²) in [6.07, 6.45) is 0.922. The zero-order chi connectivity index (χ0) is 15.2. The predicted molar refractivity (Wildman–Crippen MR) is 84.5 cm³/mol. The summed E-state index contributed by atoms with van der Waals surface area (Å²) >= 11 is 0. The third-order valence-corrected chi connectivity index (χ3v) is 3.67. The number of rotatable bonds is 7. The number of amides is 1. The summed E-state index contributed by atoms with van der Waals surface area (Å²) in [6.45, 7) is 10.8. The van der Waals surface area contributed by atoms with Crippen molar-refractivity contribution in [3.8, 4) is 0 Å². The van der Waals surface area contributed by atoms with Gasteiger partial charge in [0.25, 0.3) is 0 Å². The van der Waals surface area contributed by atoms with E-state index in [1.165, 1.54) is 5.56 Å². The molecule has 0 aromatic heterocycles. The lowest BCUT2D eigenvalue weighted by atomic mass is 9.96. The first-order valence-corrected chi connectivity index (χ1v) is 7.45. The van der Waals surface area contributed by atoms with Crippen molar-refractivity contribution in [1.82, 2.24) is 10.6 Å². The Balaban J connectivity index is 2.59. The molecule has 0 fully saturated rings. The summed E-state index contributed by atoms with van der Waals surface area (Å²) < 4.78 is 0. The quantitative estimate of drug-likeness (QED) is 0.802. The molecule has 1 atom stereocenters. The Morgan fingerprint density at radius 1 is 1.20 bits per heavy atom. The summed E-state index contributed by atoms with van der Waals surface area (Å²) in [5.74, 6) is 0.489. The van der Waals surface area contributed by atoms with E-state index in [1.807, 2.05) is 32.0 Å². The van der Waals surface area contributed by atoms with E-state index in [4.69, 9.17) is 0 Å². The summed E-state index contributed by atoms with van der Waals surface area (Å²) in [5, 5.41) is 6.42. The molecule has 1 amide bonds. The van der Waals surface area contributed by atoms with E-state index in [2.05, 4.69) is 43.5 Å². The molecule has 0 saturated carbocycles. The first-order chi connectivity index (χ1) is 9.35. The standard InChI is InChI=1S/C17H28N2O/c1-6-17(4,5)19-15(20)12-18-16(13(2)3)14-10-8-7-9-11-14/h7-11,13,16,18H,6,12H2,1-5H3,(H,19,20). The van der Waals surface area contributed by atoms with Gasteiger partial charge in [-0.15, -0.1) is 0 Å². The van der Waals surface area contributed by atoms with E-state index in [-0.39, 0.29) is 17.5 Å². The van der Waals surface area contributed by atoms with E-state index >= 15 is 0 Å². The van der Waals surface area contributed by atoms with Crippen LogP contribution in [0.15, 0.2) is 30.3 Å². The topological polar surface area (TPSA) is 41.1 Å². The molecular formula is C17H28N2O. The normalized spacial score (nSPS) is 13.3. The van der Waals surface area contributed by atoms with E-state index < -0.39 is 0 Å². The second-order valence-corrected chi connectivity index (χ2v) is 6.30. The molecular weight excluding hydrogens is 248 g/mol. The Morgan fingerprint density at radius 2 is 1.80 bits per heavy atom. The lowest BCUT2D eigenvalue weighted by Crippen LogP contribution is -2.47. The van der Waals surface area contributed by atoms with Gasteiger partial charge in [-0.1, -0.05) is 51.1 Å². The molecule has 3 nitrogen and oxygen atoms in total. The Labute approximate surface area is 123 Å². The van der Waals surface area contributed by atoms with Gasteiger partial charge in [-0.2, -0.15) is 0 Å². The third kappa shape index (κ3) is 5.33. The molecule has 112 valence electrons. The maximum Gasteiger partial charge on any atom is 0.234 e. The number of carbonyl (C=O) groups is 1. The maximum absolute atomic E-state index is 12.0. The van der Waals surface area contributed by atoms with Crippen LogP contribution in [-0.4, -0.2) is 18.0 Å². The SMILES string of the molecule is CCC(C)(C)NC(=O)CNC(c1ccccc1)C(C)C. The van der Waals surface area contributed by atoms with Gasteiger partial charge in [0.1, 0.15) is 0 Å². The molecule has 1 aromatic carbocycles. The van der Waals surface area contributed by atoms with Crippen molar-refractivity contribution in [2.45, 2.75) is 52.6 Å². The fourth-order valence-electron chi connectivity index (χ4n) is 2.11. The average Bonchev–Trinajstić information content (AvgIpc) is 2.39. The molecule has 0 saturated heterocycles. The number of hydrogen-bond acceptors (Lipinski definition) is 2. The molecule has 0 aliphatic heterocycles. The van der Waals surface area contributed by atoms with Crippen molar-refractivity contribution in [2.75, 3.05) is 6.54 Å². The van der Waals surface area contributed by atoms with Gasteiger partial charge in [0, 0.05) is 11.6 Å². The minimum absolute atomic E-state index is 0.0541. The highest BCUT2D eigenvalue weighted by molar-refractivity contribution is 5.78. The molecule has 0 aliphatic carbocycles. The van der Waals surface area contributed by atoms with Gasteiger partial charge >= 0.3 is 0 Å². The highest BCUT2D eigenvalue weighted by Crippen LogP contribution is 2.20. The van der Waals surface area contributed by atoms with Crippen molar-refractivity contribution < 1.29 is 4.79 Å². The summed E-state index contributed by atoms with van der Waals surface area (Å²) in [6, 6.07) is 10.5. The van der Waals surface area contributed by atoms with Gasteiger partial charge in [0.2, 0.25) is 5.91 Å². The molecule has 0 radical (unpaired) electrons. The summed E-state index contributed by atoms with van der Waals surface area (Å²) in [4.78, 5) is 12.0. The van der Waals surface area contributed by atoms with Gasteiger partial charge in [-0.3, -0.25) is 4.79 Å². The minimum Gasteiger partial charge on any atom is -0.350 e. The number of nitrogens with one attached hydrogen (secondary N) is 2. The van der Waals surface area contributed by atoms with Crippen LogP contribution in [0.5, 0.6) is 0 Å². The van der Waals surface area contributed by atoms with Crippen LogP contribution in [0, 0.1) is 5.92 Å². The van der Waals surface area contributed by atoms with E-state index in [0.717, 1.165) is 6.42 Å². The van der Waals surface area contributed by atoms with E-state index in [1.54, 1.807) is 0 Å². The third-order valence-electron chi connectivity index (χ3n) is 3.67. The van der Waals surface area contributed by atoms with Crippen molar-refractivity contribution >= 4 is 5.91 Å². The Hall–Kier alpha value is -1.35. The van der Waals surface area contributed by atoms with Gasteiger partial charge in [-0.25, -0.2) is 0 Å². The molecule has 2 N–H and O–H groups in total. The molecule has 1 aromatic rings. The molecule has 1 rings (SSSR count). The summed E-state index contributed by atoms with van der Waals surface area (Å²) in [7, 11) is 0. The van der Waals surface area contributed by atoms with Gasteiger partial charge in [0.15, 0.2) is 0 Å². The van der Waals surface area contributed by atoms with Crippen molar-refractivity contribution in [3.63, 3.8) is 0 Å². The molecule has 0 aliphatic rings. The molecule has 1 unspecified atom stereocenters. The van der Waals surface area contributed by atoms with E-state index in [0.29, 0.717) is 12.5 Å². The van der Waals surface area contributed by atoms with Crippen LogP contribution in [0.2, 0.25) is 0 Å². The zero-order valence-electron chi connectivity index (χ0n) is 13.4. The fraction of sp³-hybridized carbons (Fsp3) is 0.588. The van der Waals surface area contributed by atoms with Crippen LogP contribution < -0.4 is 10.6 Å². The minimum atomic E-state index is -0.140. The highest BCUT2D eigenvalue weighted by atomic mass is 16.2. The second kappa shape index (κ2) is 7.44. The molecule has 0 heterocycles. The monoisotopic (exact) mass is 276 g/mol. The number of benzene rings is 1. The van der Waals surface area contributed by atoms with Crippen LogP contribution >= 0.6 is 0 Å². The number of carbonyl (C=O) groups excluding carboxylic acids is 1. The van der Waals surface area contributed by atoms with Crippen LogP contribution in [0.1, 0.15) is 52.6 Å². The largest absolute Gasteiger partial charge is 0.350 e. The van der Waals surface area contributed by atoms with Crippen LogP contribution in [0.25, 0.3) is 0 Å². The molecule has 0 bridgehead atoms. The first kappa shape index (κ1) is 16.7. The van der Waals surface area contributed by atoms with Crippen molar-refractivity contribution in [3.05, 3.63) is 35.9 Å². The predicted octanol–water partition coefficient (Wildman–Crippen LogP) is 3.28. The van der Waals surface area contributed by atoms with Crippen LogP contribution in [-0.2, 0) is 4.79 Å². The van der Waals surface area contributed by atoms with Crippen LogP contribution in [0.3, 0.4) is 0 Å². The molecule has 20 heavy (non-hydrogen) atoms. The maximum atomic E-state index is 12.0. The van der Waals surface area contributed by atoms with Crippen LogP contribution in [0.4, 0.5) is 0 Å². The Morgan fingerprint density at radius 3 is 2.30 bits per heavy atom. The van der Waals surface area contributed by atoms with Crippen molar-refractivity contribution in [1.29, 1.82) is 0 Å². The van der Waals surface area contributed by atoms with Gasteiger partial charge in [-0.05, 0) is 31.7 Å². The lowest BCUT2D eigenvalue weighted by molar-refractivity contribution is -0.122. The Kier molecular flexibility index (Phi) is 6.21. The number of hydrogen-bond donors (Lipinski definition) is 2. The van der Waals surface area contributed by atoms with Gasteiger partial charge < -0.3 is 10.6 Å². The zero-order valence-corrected chi connectivity index (χ0v) is 13.4. The lowest BCUT2D eigenvalue weighted by Gasteiger charge is -2.27. The fourth-order valence-corrected chi connectivity index (χ4v) is 2.11. The first-order valence-electron chi connectivity index (χ1n) is 7.45. The van der Waals surface area contributed by atoms with Crippen molar-refractivity contribution in [2.24, 2.45) is 5.92 Å². The Bertz CT molecular complexity index is 412. The summed E-state index contributed by atoms with van der Waals surface area (Å²) in [5.41, 5.74) is 1.09. The van der Waals surface area contributed by atoms with E-state index in [9.17, 15) is 4.79 Å². The smallest absolute Gasteiger partial charge is 0.234 e. The van der Waals surface area contributed by atoms with Gasteiger partial charge in [0.05, 0.1) is 6.54 Å². The highest BCUT2D eigenvalue weighted by Gasteiger charge is 2.20.